The Balaban J connectivity index is 2.66. The van der Waals surface area contributed by atoms with Crippen LogP contribution in [0, 0.1) is 11.7 Å². The highest BCUT2D eigenvalue weighted by molar-refractivity contribution is 9.10. The van der Waals surface area contributed by atoms with Crippen LogP contribution in [0.25, 0.3) is 11.0 Å². The first-order chi connectivity index (χ1) is 9.85. The lowest BCUT2D eigenvalue weighted by molar-refractivity contribution is 0.270. The van der Waals surface area contributed by atoms with Gasteiger partial charge in [0.05, 0.1) is 27.4 Å². The van der Waals surface area contributed by atoms with E-state index in [1.54, 1.807) is 6.07 Å². The lowest BCUT2D eigenvalue weighted by Gasteiger charge is -2.28. The average Bonchev–Trinajstić information content (AvgIpc) is 2.73. The number of benzene rings is 1. The van der Waals surface area contributed by atoms with Gasteiger partial charge in [0.15, 0.2) is 0 Å². The van der Waals surface area contributed by atoms with E-state index in [2.05, 4.69) is 44.2 Å². The number of hydrogen-bond donors (Lipinski definition) is 0. The van der Waals surface area contributed by atoms with Gasteiger partial charge in [0, 0.05) is 12.6 Å². The van der Waals surface area contributed by atoms with E-state index in [0.717, 1.165) is 17.9 Å². The van der Waals surface area contributed by atoms with Crippen LogP contribution in [-0.2, 0) is 5.88 Å². The Morgan fingerprint density at radius 2 is 2.05 bits per heavy atom. The summed E-state index contributed by atoms with van der Waals surface area (Å²) in [7, 11) is 4.09. The molecule has 1 atom stereocenters. The molecular formula is C15H20BrClFN3. The number of imidazole rings is 1. The van der Waals surface area contributed by atoms with Crippen molar-refractivity contribution in [1.29, 1.82) is 0 Å². The van der Waals surface area contributed by atoms with Crippen LogP contribution in [0.15, 0.2) is 16.6 Å². The van der Waals surface area contributed by atoms with Crippen molar-refractivity contribution in [2.75, 3.05) is 20.6 Å². The molecule has 0 radical (unpaired) electrons. The van der Waals surface area contributed by atoms with E-state index in [1.807, 2.05) is 14.1 Å². The van der Waals surface area contributed by atoms with Gasteiger partial charge in [-0.2, -0.15) is 0 Å². The molecule has 0 bridgehead atoms. The van der Waals surface area contributed by atoms with Gasteiger partial charge in [0.1, 0.15) is 11.6 Å². The quantitative estimate of drug-likeness (QED) is 0.720. The summed E-state index contributed by atoms with van der Waals surface area (Å²) in [6, 6.07) is 3.48. The van der Waals surface area contributed by atoms with Crippen LogP contribution in [0.1, 0.15) is 25.7 Å². The fraction of sp³-hybridized carbons (Fsp3) is 0.533. The number of rotatable bonds is 5. The number of likely N-dealkylation sites (N-methyl/N-ethyl adjacent to an activating group) is 1. The van der Waals surface area contributed by atoms with Gasteiger partial charge in [0.2, 0.25) is 0 Å². The van der Waals surface area contributed by atoms with E-state index in [9.17, 15) is 4.39 Å². The van der Waals surface area contributed by atoms with E-state index >= 15 is 0 Å². The zero-order valence-electron chi connectivity index (χ0n) is 12.7. The molecule has 0 amide bonds. The Hall–Kier alpha value is -0.650. The third-order valence-corrected chi connectivity index (χ3v) is 4.42. The minimum atomic E-state index is -0.304. The molecule has 1 aromatic carbocycles. The van der Waals surface area contributed by atoms with Crippen molar-refractivity contribution in [3.8, 4) is 0 Å². The first-order valence-electron chi connectivity index (χ1n) is 6.91. The number of fused-ring (bicyclic) bond motifs is 1. The van der Waals surface area contributed by atoms with Gasteiger partial charge >= 0.3 is 0 Å². The van der Waals surface area contributed by atoms with E-state index in [0.29, 0.717) is 21.8 Å². The van der Waals surface area contributed by atoms with Gasteiger partial charge in [0.25, 0.3) is 0 Å². The molecule has 3 nitrogen and oxygen atoms in total. The van der Waals surface area contributed by atoms with Crippen molar-refractivity contribution in [2.45, 2.75) is 25.8 Å². The predicted molar refractivity (Wildman–Crippen MR) is 89.4 cm³/mol. The van der Waals surface area contributed by atoms with Crippen LogP contribution in [0.3, 0.4) is 0 Å². The minimum Gasteiger partial charge on any atom is -0.322 e. The topological polar surface area (TPSA) is 21.1 Å². The summed E-state index contributed by atoms with van der Waals surface area (Å²) >= 11 is 9.33. The molecule has 0 aliphatic rings. The summed E-state index contributed by atoms with van der Waals surface area (Å²) in [4.78, 5) is 6.64. The largest absolute Gasteiger partial charge is 0.322 e. The smallest absolute Gasteiger partial charge is 0.139 e. The van der Waals surface area contributed by atoms with Crippen molar-refractivity contribution in [2.24, 2.45) is 5.92 Å². The van der Waals surface area contributed by atoms with Crippen LogP contribution in [-0.4, -0.2) is 35.1 Å². The normalized spacial score (nSPS) is 13.6. The van der Waals surface area contributed by atoms with Crippen molar-refractivity contribution >= 4 is 38.6 Å². The maximum absolute atomic E-state index is 13.7. The molecule has 0 saturated carbocycles. The summed E-state index contributed by atoms with van der Waals surface area (Å²) in [5, 5.41) is 0. The second-order valence-corrected chi connectivity index (χ2v) is 6.98. The molecule has 0 spiro atoms. The monoisotopic (exact) mass is 375 g/mol. The Kier molecular flexibility index (Phi) is 5.28. The number of halogens is 3. The summed E-state index contributed by atoms with van der Waals surface area (Å²) in [6.45, 7) is 5.23. The molecular weight excluding hydrogens is 357 g/mol. The maximum atomic E-state index is 13.7. The van der Waals surface area contributed by atoms with E-state index in [1.165, 1.54) is 6.07 Å². The van der Waals surface area contributed by atoms with Crippen molar-refractivity contribution in [3.05, 3.63) is 28.2 Å². The second-order valence-electron chi connectivity index (χ2n) is 5.86. The minimum absolute atomic E-state index is 0.233. The average molecular weight is 377 g/mol. The summed E-state index contributed by atoms with van der Waals surface area (Å²) < 4.78 is 16.3. The third kappa shape index (κ3) is 3.41. The van der Waals surface area contributed by atoms with Crippen LogP contribution in [0.5, 0.6) is 0 Å². The fourth-order valence-electron chi connectivity index (χ4n) is 2.57. The molecule has 116 valence electrons. The fourth-order valence-corrected chi connectivity index (χ4v) is 3.09. The van der Waals surface area contributed by atoms with E-state index < -0.39 is 0 Å². The molecule has 21 heavy (non-hydrogen) atoms. The molecule has 1 unspecified atom stereocenters. The van der Waals surface area contributed by atoms with Crippen molar-refractivity contribution in [1.82, 2.24) is 14.5 Å². The first-order valence-corrected chi connectivity index (χ1v) is 8.24. The molecule has 0 N–H and O–H groups in total. The van der Waals surface area contributed by atoms with Gasteiger partial charge in [-0.1, -0.05) is 13.8 Å². The predicted octanol–water partition coefficient (Wildman–Crippen LogP) is 4.44. The third-order valence-electron chi connectivity index (χ3n) is 3.58. The Morgan fingerprint density at radius 1 is 1.38 bits per heavy atom. The first kappa shape index (κ1) is 16.7. The van der Waals surface area contributed by atoms with E-state index in [4.69, 9.17) is 11.6 Å². The molecule has 0 fully saturated rings. The highest BCUT2D eigenvalue weighted by Crippen LogP contribution is 2.30. The Labute approximate surface area is 138 Å². The number of aromatic nitrogens is 2. The zero-order chi connectivity index (χ0) is 15.7. The summed E-state index contributed by atoms with van der Waals surface area (Å²) in [5.41, 5.74) is 1.57. The second kappa shape index (κ2) is 6.63. The molecule has 2 aromatic rings. The molecule has 0 aliphatic heterocycles. The van der Waals surface area contributed by atoms with Gasteiger partial charge < -0.3 is 9.47 Å². The number of alkyl halides is 1. The molecule has 0 saturated heterocycles. The lowest BCUT2D eigenvalue weighted by Crippen LogP contribution is -2.29. The molecule has 6 heteroatoms. The van der Waals surface area contributed by atoms with Crippen LogP contribution >= 0.6 is 27.5 Å². The van der Waals surface area contributed by atoms with Crippen LogP contribution in [0.4, 0.5) is 4.39 Å². The maximum Gasteiger partial charge on any atom is 0.139 e. The number of hydrogen-bond acceptors (Lipinski definition) is 2. The van der Waals surface area contributed by atoms with Crippen LogP contribution < -0.4 is 0 Å². The van der Waals surface area contributed by atoms with Gasteiger partial charge in [-0.05, 0) is 42.0 Å². The zero-order valence-corrected chi connectivity index (χ0v) is 15.0. The summed E-state index contributed by atoms with van der Waals surface area (Å²) in [6.07, 6.45) is 0. The number of nitrogens with zero attached hydrogens (tertiary/aromatic N) is 3. The molecule has 0 aliphatic carbocycles. The Morgan fingerprint density at radius 3 is 2.57 bits per heavy atom. The van der Waals surface area contributed by atoms with Crippen molar-refractivity contribution < 1.29 is 4.39 Å². The van der Waals surface area contributed by atoms with Gasteiger partial charge in [-0.25, -0.2) is 9.37 Å². The lowest BCUT2D eigenvalue weighted by atomic mass is 10.0. The highest BCUT2D eigenvalue weighted by Gasteiger charge is 2.23. The Bertz CT molecular complexity index is 639. The molecule has 1 aromatic heterocycles. The summed E-state index contributed by atoms with van der Waals surface area (Å²) in [5.74, 6) is 1.20. The molecule has 2 rings (SSSR count). The standard InChI is InChI=1S/C15H20BrClFN3/c1-9(2)14(8-20(3)4)21-13-5-10(16)11(18)6-12(13)19-15(21)7-17/h5-6,9,14H,7-8H2,1-4H3. The van der Waals surface area contributed by atoms with Crippen LogP contribution in [0.2, 0.25) is 0 Å². The van der Waals surface area contributed by atoms with Gasteiger partial charge in [-0.15, -0.1) is 11.6 Å². The highest BCUT2D eigenvalue weighted by atomic mass is 79.9. The molecule has 1 heterocycles. The van der Waals surface area contributed by atoms with Gasteiger partial charge in [-0.3, -0.25) is 0 Å². The van der Waals surface area contributed by atoms with Crippen molar-refractivity contribution in [3.63, 3.8) is 0 Å². The SMILES string of the molecule is CC(C)C(CN(C)C)n1c(CCl)nc2cc(F)c(Br)cc21. The van der Waals surface area contributed by atoms with E-state index in [-0.39, 0.29) is 11.9 Å².